The number of carbonyl (C=O) groups is 2. The van der Waals surface area contributed by atoms with Gasteiger partial charge in [0.05, 0.1) is 5.41 Å². The Hall–Kier alpha value is -0.380. The molecule has 0 spiro atoms. The first-order valence-corrected chi connectivity index (χ1v) is 7.97. The maximum Gasteiger partial charge on any atom is 0.313 e. The van der Waals surface area contributed by atoms with E-state index in [0.29, 0.717) is 11.8 Å². The summed E-state index contributed by atoms with van der Waals surface area (Å²) in [4.78, 5) is 25.1. The van der Waals surface area contributed by atoms with Gasteiger partial charge in [-0.05, 0) is 39.0 Å². The fourth-order valence-corrected chi connectivity index (χ4v) is 5.16. The van der Waals surface area contributed by atoms with E-state index in [1.165, 1.54) is 0 Å². The number of ether oxygens (including phenoxy) is 1. The molecule has 19 heavy (non-hydrogen) atoms. The standard InChI is InChI=1S/C15H23BrO3/c1-12(2,3)19-11(18)14-6-7-15(9-16,10(17)8-14)13(14,4)5/h6-9H2,1-5H3/t14-,15+/m1/s1. The second-order valence-corrected chi connectivity index (χ2v) is 8.09. The number of ketones is 1. The van der Waals surface area contributed by atoms with E-state index in [9.17, 15) is 9.59 Å². The van der Waals surface area contributed by atoms with Crippen LogP contribution in [0.3, 0.4) is 0 Å². The highest BCUT2D eigenvalue weighted by molar-refractivity contribution is 9.09. The third-order valence-corrected chi connectivity index (χ3v) is 6.34. The fraction of sp³-hybridized carbons (Fsp3) is 0.867. The molecule has 2 saturated carbocycles. The first kappa shape index (κ1) is 15.0. The third kappa shape index (κ3) is 1.75. The number of esters is 1. The minimum Gasteiger partial charge on any atom is -0.460 e. The number of alkyl halides is 1. The van der Waals surface area contributed by atoms with Crippen molar-refractivity contribution >= 4 is 27.7 Å². The Morgan fingerprint density at radius 3 is 2.26 bits per heavy atom. The molecule has 4 heteroatoms. The Kier molecular flexibility index (Phi) is 3.21. The molecule has 0 heterocycles. The van der Waals surface area contributed by atoms with Crippen LogP contribution in [0.5, 0.6) is 0 Å². The summed E-state index contributed by atoms with van der Waals surface area (Å²) >= 11 is 3.50. The van der Waals surface area contributed by atoms with Gasteiger partial charge < -0.3 is 4.74 Å². The SMILES string of the molecule is CC(C)(C)OC(=O)[C@@]12CC[C@](CBr)(C(=O)C1)C2(C)C. The Balaban J connectivity index is 2.41. The van der Waals surface area contributed by atoms with Gasteiger partial charge in [0.2, 0.25) is 0 Å². The molecule has 2 fully saturated rings. The summed E-state index contributed by atoms with van der Waals surface area (Å²) in [5.41, 5.74) is -1.88. The normalized spacial score (nSPS) is 36.6. The van der Waals surface area contributed by atoms with Crippen molar-refractivity contribution in [2.24, 2.45) is 16.2 Å². The van der Waals surface area contributed by atoms with Crippen LogP contribution in [0.1, 0.15) is 53.9 Å². The van der Waals surface area contributed by atoms with Gasteiger partial charge in [0.15, 0.2) is 0 Å². The highest BCUT2D eigenvalue weighted by Crippen LogP contribution is 2.71. The second-order valence-electron chi connectivity index (χ2n) is 7.52. The zero-order valence-electron chi connectivity index (χ0n) is 12.4. The molecule has 0 aromatic rings. The van der Waals surface area contributed by atoms with Crippen molar-refractivity contribution in [2.75, 3.05) is 5.33 Å². The van der Waals surface area contributed by atoms with Crippen LogP contribution in [-0.2, 0) is 14.3 Å². The number of carbonyl (C=O) groups excluding carboxylic acids is 2. The van der Waals surface area contributed by atoms with Gasteiger partial charge in [-0.15, -0.1) is 0 Å². The molecule has 0 aliphatic heterocycles. The lowest BCUT2D eigenvalue weighted by Crippen LogP contribution is -2.45. The van der Waals surface area contributed by atoms with Crippen LogP contribution < -0.4 is 0 Å². The quantitative estimate of drug-likeness (QED) is 0.575. The average Bonchev–Trinajstić information content (AvgIpc) is 2.57. The summed E-state index contributed by atoms with van der Waals surface area (Å²) in [5, 5.41) is 0.635. The van der Waals surface area contributed by atoms with Gasteiger partial charge in [0.1, 0.15) is 11.4 Å². The second kappa shape index (κ2) is 4.06. The smallest absolute Gasteiger partial charge is 0.313 e. The van der Waals surface area contributed by atoms with Crippen molar-refractivity contribution < 1.29 is 14.3 Å². The number of hydrogen-bond acceptors (Lipinski definition) is 3. The average molecular weight is 331 g/mol. The zero-order chi connectivity index (χ0) is 14.7. The summed E-state index contributed by atoms with van der Waals surface area (Å²) in [6, 6.07) is 0. The predicted octanol–water partition coefficient (Wildman–Crippen LogP) is 3.49. The van der Waals surface area contributed by atoms with E-state index in [-0.39, 0.29) is 17.2 Å². The van der Waals surface area contributed by atoms with E-state index in [0.717, 1.165) is 12.8 Å². The molecule has 2 bridgehead atoms. The molecular weight excluding hydrogens is 308 g/mol. The van der Waals surface area contributed by atoms with Gasteiger partial charge in [-0.25, -0.2) is 0 Å². The molecule has 0 N–H and O–H groups in total. The minimum atomic E-state index is -0.634. The topological polar surface area (TPSA) is 43.4 Å². The van der Waals surface area contributed by atoms with Crippen LogP contribution in [0.2, 0.25) is 0 Å². The highest BCUT2D eigenvalue weighted by atomic mass is 79.9. The summed E-state index contributed by atoms with van der Waals surface area (Å²) in [7, 11) is 0. The Morgan fingerprint density at radius 2 is 1.89 bits per heavy atom. The van der Waals surface area contributed by atoms with Crippen molar-refractivity contribution in [2.45, 2.75) is 59.5 Å². The lowest BCUT2D eigenvalue weighted by Gasteiger charge is -2.40. The van der Waals surface area contributed by atoms with Crippen molar-refractivity contribution in [1.82, 2.24) is 0 Å². The van der Waals surface area contributed by atoms with Gasteiger partial charge in [-0.1, -0.05) is 29.8 Å². The van der Waals surface area contributed by atoms with Crippen LogP contribution in [0.15, 0.2) is 0 Å². The van der Waals surface area contributed by atoms with Crippen LogP contribution in [-0.4, -0.2) is 22.7 Å². The molecule has 3 nitrogen and oxygen atoms in total. The first-order chi connectivity index (χ1) is 8.52. The molecule has 2 rings (SSSR count). The van der Waals surface area contributed by atoms with Gasteiger partial charge in [0.25, 0.3) is 0 Å². The predicted molar refractivity (Wildman–Crippen MR) is 77.1 cm³/mol. The molecule has 108 valence electrons. The maximum absolute atomic E-state index is 12.7. The first-order valence-electron chi connectivity index (χ1n) is 6.85. The number of Topliss-reactive ketones (excluding diaryl/α,β-unsaturated/α-hetero) is 1. The van der Waals surface area contributed by atoms with Crippen molar-refractivity contribution in [3.63, 3.8) is 0 Å². The van der Waals surface area contributed by atoms with Gasteiger partial charge in [0, 0.05) is 17.2 Å². The molecule has 0 saturated heterocycles. The van der Waals surface area contributed by atoms with E-state index in [1.54, 1.807) is 0 Å². The molecule has 2 aliphatic carbocycles. The molecule has 0 aromatic carbocycles. The summed E-state index contributed by atoms with van der Waals surface area (Å²) in [6.07, 6.45) is 1.87. The van der Waals surface area contributed by atoms with Gasteiger partial charge >= 0.3 is 5.97 Å². The van der Waals surface area contributed by atoms with Crippen LogP contribution in [0.25, 0.3) is 0 Å². The third-order valence-electron chi connectivity index (χ3n) is 5.39. The van der Waals surface area contributed by atoms with Crippen LogP contribution in [0, 0.1) is 16.2 Å². The molecule has 0 aromatic heterocycles. The van der Waals surface area contributed by atoms with Crippen LogP contribution >= 0.6 is 15.9 Å². The Labute approximate surface area is 123 Å². The van der Waals surface area contributed by atoms with E-state index in [2.05, 4.69) is 29.8 Å². The van der Waals surface area contributed by atoms with E-state index < -0.39 is 16.4 Å². The lowest BCUT2D eigenvalue weighted by atomic mass is 9.65. The highest BCUT2D eigenvalue weighted by Gasteiger charge is 2.74. The van der Waals surface area contributed by atoms with Gasteiger partial charge in [-0.2, -0.15) is 0 Å². The molecule has 0 amide bonds. The molecule has 2 atom stereocenters. The fourth-order valence-electron chi connectivity index (χ4n) is 3.86. The number of halogens is 1. The molecular formula is C15H23BrO3. The van der Waals surface area contributed by atoms with Gasteiger partial charge in [-0.3, -0.25) is 9.59 Å². The zero-order valence-corrected chi connectivity index (χ0v) is 14.0. The van der Waals surface area contributed by atoms with Crippen molar-refractivity contribution in [3.05, 3.63) is 0 Å². The monoisotopic (exact) mass is 330 g/mol. The summed E-state index contributed by atoms with van der Waals surface area (Å²) < 4.78 is 5.61. The molecule has 2 aliphatic rings. The van der Waals surface area contributed by atoms with Crippen LogP contribution in [0.4, 0.5) is 0 Å². The number of hydrogen-bond donors (Lipinski definition) is 0. The number of fused-ring (bicyclic) bond motifs is 2. The summed E-state index contributed by atoms with van der Waals surface area (Å²) in [6.45, 7) is 9.72. The summed E-state index contributed by atoms with van der Waals surface area (Å²) in [5.74, 6) is 0.0187. The maximum atomic E-state index is 12.7. The molecule has 0 radical (unpaired) electrons. The molecule has 0 unspecified atom stereocenters. The van der Waals surface area contributed by atoms with E-state index in [1.807, 2.05) is 20.8 Å². The Bertz CT molecular complexity index is 435. The minimum absolute atomic E-state index is 0.196. The van der Waals surface area contributed by atoms with E-state index >= 15 is 0 Å². The van der Waals surface area contributed by atoms with Crippen molar-refractivity contribution in [3.8, 4) is 0 Å². The Morgan fingerprint density at radius 1 is 1.32 bits per heavy atom. The van der Waals surface area contributed by atoms with E-state index in [4.69, 9.17) is 4.74 Å². The lowest BCUT2D eigenvalue weighted by molar-refractivity contribution is -0.173. The van der Waals surface area contributed by atoms with Crippen molar-refractivity contribution in [1.29, 1.82) is 0 Å². The largest absolute Gasteiger partial charge is 0.460 e. The number of rotatable bonds is 2.